The Kier molecular flexibility index (Phi) is 5.71. The fourth-order valence-corrected chi connectivity index (χ4v) is 3.81. The second-order valence-corrected chi connectivity index (χ2v) is 7.58. The second-order valence-electron chi connectivity index (χ2n) is 6.66. The molecular weight excluding hydrogens is 466 g/mol. The quantitative estimate of drug-likeness (QED) is 0.401. The number of rotatable bonds is 5. The lowest BCUT2D eigenvalue weighted by atomic mass is 9.71. The van der Waals surface area contributed by atoms with Crippen molar-refractivity contribution in [3.63, 3.8) is 0 Å². The molecule has 0 aliphatic carbocycles. The van der Waals surface area contributed by atoms with Crippen LogP contribution in [0.25, 0.3) is 0 Å². The van der Waals surface area contributed by atoms with Gasteiger partial charge in [0.1, 0.15) is 11.6 Å². The molecule has 1 aliphatic heterocycles. The lowest BCUT2D eigenvalue weighted by Gasteiger charge is -2.39. The van der Waals surface area contributed by atoms with Crippen molar-refractivity contribution in [2.75, 3.05) is 7.11 Å². The molecule has 2 N–H and O–H groups in total. The Morgan fingerprint density at radius 3 is 2.47 bits per heavy atom. The van der Waals surface area contributed by atoms with Crippen LogP contribution in [-0.4, -0.2) is 35.7 Å². The predicted octanol–water partition coefficient (Wildman–Crippen LogP) is 2.20. The highest BCUT2D eigenvalue weighted by Gasteiger charge is 2.58. The normalized spacial score (nSPS) is 18.2. The molecule has 0 fully saturated rings. The molecule has 30 heavy (non-hydrogen) atoms. The van der Waals surface area contributed by atoms with Crippen LogP contribution in [0.15, 0.2) is 40.9 Å². The Labute approximate surface area is 177 Å². The minimum absolute atomic E-state index is 0.0108. The number of primary amides is 1. The number of nitrogens with zero attached hydrogens (tertiary/aromatic N) is 1. The van der Waals surface area contributed by atoms with Crippen LogP contribution < -0.4 is 5.73 Å². The Morgan fingerprint density at radius 1 is 1.17 bits per heavy atom. The van der Waals surface area contributed by atoms with Gasteiger partial charge in [0.15, 0.2) is 5.41 Å². The number of ether oxygens (including phenoxy) is 1. The third kappa shape index (κ3) is 3.47. The zero-order chi connectivity index (χ0) is 22.2. The smallest absolute Gasteiger partial charge is 0.326 e. The van der Waals surface area contributed by atoms with E-state index in [1.54, 1.807) is 0 Å². The highest BCUT2D eigenvalue weighted by molar-refractivity contribution is 9.10. The maximum Gasteiger partial charge on any atom is 0.326 e. The molecule has 2 aromatic rings. The van der Waals surface area contributed by atoms with E-state index < -0.39 is 53.7 Å². The summed E-state index contributed by atoms with van der Waals surface area (Å²) in [5.41, 5.74) is 2.36. The van der Waals surface area contributed by atoms with E-state index in [9.17, 15) is 28.0 Å². The number of halogens is 3. The number of imide groups is 1. The minimum atomic E-state index is -2.38. The summed E-state index contributed by atoms with van der Waals surface area (Å²) in [6.07, 6.45) is -0.860. The first-order chi connectivity index (χ1) is 14.1. The molecular formula is C20H15BrF2N2O5. The number of fused-ring (bicyclic) bond motifs is 1. The zero-order valence-corrected chi connectivity index (χ0v) is 17.2. The van der Waals surface area contributed by atoms with Gasteiger partial charge in [-0.3, -0.25) is 24.1 Å². The molecule has 1 aliphatic rings. The van der Waals surface area contributed by atoms with Crippen LogP contribution in [0.2, 0.25) is 0 Å². The minimum Gasteiger partial charge on any atom is -0.468 e. The van der Waals surface area contributed by atoms with E-state index in [2.05, 4.69) is 15.9 Å². The molecule has 156 valence electrons. The van der Waals surface area contributed by atoms with Gasteiger partial charge >= 0.3 is 5.97 Å². The molecule has 3 rings (SSSR count). The summed E-state index contributed by atoms with van der Waals surface area (Å²) in [4.78, 5) is 51.5. The van der Waals surface area contributed by atoms with Gasteiger partial charge in [-0.05, 0) is 35.9 Å². The van der Waals surface area contributed by atoms with E-state index >= 15 is 0 Å². The number of esters is 1. The Balaban J connectivity index is 2.23. The molecule has 0 bridgehead atoms. The van der Waals surface area contributed by atoms with Crippen molar-refractivity contribution in [1.82, 2.24) is 4.90 Å². The molecule has 3 amide bonds. The lowest BCUT2D eigenvalue weighted by Crippen LogP contribution is -2.59. The van der Waals surface area contributed by atoms with Crippen LogP contribution >= 0.6 is 15.9 Å². The number of methoxy groups -OCH3 is 1. The van der Waals surface area contributed by atoms with Gasteiger partial charge in [-0.15, -0.1) is 0 Å². The predicted molar refractivity (Wildman–Crippen MR) is 103 cm³/mol. The fourth-order valence-electron chi connectivity index (χ4n) is 3.48. The number of carbonyl (C=O) groups excluding carboxylic acids is 4. The number of hydrogen-bond donors (Lipinski definition) is 1. The molecule has 1 atom stereocenters. The Bertz CT molecular complexity index is 1090. The summed E-state index contributed by atoms with van der Waals surface area (Å²) in [6, 6.07) is 6.89. The van der Waals surface area contributed by atoms with Crippen LogP contribution in [0, 0.1) is 11.6 Å². The summed E-state index contributed by atoms with van der Waals surface area (Å²) in [7, 11) is 0.979. The average Bonchev–Trinajstić information content (AvgIpc) is 2.69. The van der Waals surface area contributed by atoms with Crippen molar-refractivity contribution >= 4 is 39.6 Å². The first kappa shape index (κ1) is 21.6. The summed E-state index contributed by atoms with van der Waals surface area (Å²) in [6.45, 7) is -0.523. The molecule has 1 heterocycles. The van der Waals surface area contributed by atoms with Crippen molar-refractivity contribution in [3.05, 3.63) is 69.2 Å². The number of carbonyl (C=O) groups is 4. The largest absolute Gasteiger partial charge is 0.468 e. The summed E-state index contributed by atoms with van der Waals surface area (Å²) in [5.74, 6) is -5.80. The number of benzene rings is 2. The lowest BCUT2D eigenvalue weighted by molar-refractivity contribution is -0.158. The van der Waals surface area contributed by atoms with Crippen LogP contribution in [0.3, 0.4) is 0 Å². The number of hydrogen-bond acceptors (Lipinski definition) is 5. The molecule has 0 radical (unpaired) electrons. The van der Waals surface area contributed by atoms with Crippen molar-refractivity contribution in [2.24, 2.45) is 5.73 Å². The molecule has 0 saturated carbocycles. The van der Waals surface area contributed by atoms with E-state index in [-0.39, 0.29) is 16.7 Å². The van der Waals surface area contributed by atoms with Gasteiger partial charge < -0.3 is 10.5 Å². The van der Waals surface area contributed by atoms with Gasteiger partial charge in [-0.25, -0.2) is 8.78 Å². The topological polar surface area (TPSA) is 107 Å². The fraction of sp³-hybridized carbons (Fsp3) is 0.200. The number of nitrogens with two attached hydrogens (primary N) is 1. The van der Waals surface area contributed by atoms with E-state index in [1.165, 1.54) is 12.1 Å². The highest BCUT2D eigenvalue weighted by atomic mass is 79.9. The SMILES string of the molecule is COC(=O)C1(CC(N)=O)C(=O)N(Cc2ccc(Br)cc2F)C(=O)c2ccc(F)cc21. The van der Waals surface area contributed by atoms with Crippen LogP contribution in [0.5, 0.6) is 0 Å². The van der Waals surface area contributed by atoms with Crippen molar-refractivity contribution in [2.45, 2.75) is 18.4 Å². The maximum atomic E-state index is 14.3. The second kappa shape index (κ2) is 7.94. The van der Waals surface area contributed by atoms with E-state index in [1.807, 2.05) is 0 Å². The van der Waals surface area contributed by atoms with Gasteiger partial charge in [0, 0.05) is 15.6 Å². The highest BCUT2D eigenvalue weighted by Crippen LogP contribution is 2.40. The summed E-state index contributed by atoms with van der Waals surface area (Å²) in [5, 5.41) is 0. The summed E-state index contributed by atoms with van der Waals surface area (Å²) < 4.78 is 33.5. The molecule has 0 spiro atoms. The van der Waals surface area contributed by atoms with Gasteiger partial charge in [-0.1, -0.05) is 22.0 Å². The molecule has 1 unspecified atom stereocenters. The third-order valence-electron chi connectivity index (χ3n) is 4.84. The molecule has 7 nitrogen and oxygen atoms in total. The third-order valence-corrected chi connectivity index (χ3v) is 5.34. The molecule has 0 aromatic heterocycles. The monoisotopic (exact) mass is 480 g/mol. The van der Waals surface area contributed by atoms with Gasteiger partial charge in [0.2, 0.25) is 5.91 Å². The van der Waals surface area contributed by atoms with Gasteiger partial charge in [-0.2, -0.15) is 0 Å². The molecule has 2 aromatic carbocycles. The standard InChI is InChI=1S/C20H15BrF2N2O5/c1-30-19(29)20(8-16(24)26)14-7-12(22)4-5-13(14)17(27)25(18(20)28)9-10-2-3-11(21)6-15(10)23/h2-7H,8-9H2,1H3,(H2,24,26). The van der Waals surface area contributed by atoms with E-state index in [0.29, 0.717) is 9.37 Å². The molecule has 0 saturated heterocycles. The molecule has 10 heteroatoms. The Morgan fingerprint density at radius 2 is 1.87 bits per heavy atom. The van der Waals surface area contributed by atoms with E-state index in [0.717, 1.165) is 31.4 Å². The van der Waals surface area contributed by atoms with Crippen LogP contribution in [0.4, 0.5) is 8.78 Å². The number of amides is 3. The van der Waals surface area contributed by atoms with Crippen molar-refractivity contribution < 1.29 is 32.7 Å². The zero-order valence-electron chi connectivity index (χ0n) is 15.6. The van der Waals surface area contributed by atoms with Gasteiger partial charge in [0.25, 0.3) is 11.8 Å². The van der Waals surface area contributed by atoms with E-state index in [4.69, 9.17) is 10.5 Å². The van der Waals surface area contributed by atoms with Gasteiger partial charge in [0.05, 0.1) is 20.1 Å². The van der Waals surface area contributed by atoms with Crippen LogP contribution in [-0.2, 0) is 31.1 Å². The van der Waals surface area contributed by atoms with Crippen molar-refractivity contribution in [3.8, 4) is 0 Å². The summed E-state index contributed by atoms with van der Waals surface area (Å²) >= 11 is 3.11. The Hall–Kier alpha value is -3.14. The first-order valence-corrected chi connectivity index (χ1v) is 9.38. The maximum absolute atomic E-state index is 14.3. The first-order valence-electron chi connectivity index (χ1n) is 8.58. The van der Waals surface area contributed by atoms with Crippen molar-refractivity contribution in [1.29, 1.82) is 0 Å². The van der Waals surface area contributed by atoms with Crippen LogP contribution in [0.1, 0.15) is 27.9 Å². The average molecular weight is 481 g/mol.